The Kier molecular flexibility index (Phi) is 7.18. The van der Waals surface area contributed by atoms with Crippen molar-refractivity contribution in [2.24, 2.45) is 11.3 Å². The number of piperidine rings is 1. The summed E-state index contributed by atoms with van der Waals surface area (Å²) >= 11 is 0. The van der Waals surface area contributed by atoms with Crippen molar-refractivity contribution in [3.63, 3.8) is 0 Å². The van der Waals surface area contributed by atoms with Gasteiger partial charge < -0.3 is 14.7 Å². The molecule has 154 valence electrons. The van der Waals surface area contributed by atoms with Crippen LogP contribution in [0.3, 0.4) is 0 Å². The number of hydrogen-bond acceptors (Lipinski definition) is 3. The van der Waals surface area contributed by atoms with E-state index in [4.69, 9.17) is 0 Å². The average Bonchev–Trinajstić information content (AvgIpc) is 3.08. The minimum atomic E-state index is 0.0452. The van der Waals surface area contributed by atoms with Gasteiger partial charge in [-0.05, 0) is 44.7 Å². The smallest absolute Gasteiger partial charge is 0.223 e. The van der Waals surface area contributed by atoms with Gasteiger partial charge in [0.25, 0.3) is 0 Å². The van der Waals surface area contributed by atoms with Gasteiger partial charge in [-0.15, -0.1) is 0 Å². The highest BCUT2D eigenvalue weighted by molar-refractivity contribution is 5.83. The highest BCUT2D eigenvalue weighted by atomic mass is 16.2. The van der Waals surface area contributed by atoms with Gasteiger partial charge in [-0.3, -0.25) is 9.59 Å². The fourth-order valence-electron chi connectivity index (χ4n) is 5.42. The SMILES string of the molecule is CN(C)C(=O)CCC(=O)N1CCC2(CCCN(CCC3CCCCC3)C2)C1. The van der Waals surface area contributed by atoms with Crippen molar-refractivity contribution < 1.29 is 9.59 Å². The maximum absolute atomic E-state index is 12.6. The number of carbonyl (C=O) groups is 2. The molecule has 2 amide bonds. The second-order valence-electron chi connectivity index (χ2n) is 9.53. The first kappa shape index (κ1) is 20.6. The minimum Gasteiger partial charge on any atom is -0.349 e. The first-order chi connectivity index (χ1) is 13.0. The van der Waals surface area contributed by atoms with Crippen molar-refractivity contribution in [1.82, 2.24) is 14.7 Å². The number of amides is 2. The van der Waals surface area contributed by atoms with Crippen molar-refractivity contribution >= 4 is 11.8 Å². The maximum atomic E-state index is 12.6. The molecule has 2 saturated heterocycles. The molecule has 0 aromatic rings. The third kappa shape index (κ3) is 5.69. The van der Waals surface area contributed by atoms with Crippen LogP contribution in [0.15, 0.2) is 0 Å². The first-order valence-corrected chi connectivity index (χ1v) is 11.2. The quantitative estimate of drug-likeness (QED) is 0.714. The molecule has 3 rings (SSSR count). The van der Waals surface area contributed by atoms with E-state index in [2.05, 4.69) is 4.90 Å². The Morgan fingerprint density at radius 1 is 0.963 bits per heavy atom. The molecule has 0 aromatic carbocycles. The molecule has 3 aliphatic rings. The summed E-state index contributed by atoms with van der Waals surface area (Å²) < 4.78 is 0. The fraction of sp³-hybridized carbons (Fsp3) is 0.909. The average molecular weight is 378 g/mol. The molecule has 0 aromatic heterocycles. The predicted octanol–water partition coefficient (Wildman–Crippen LogP) is 3.14. The molecule has 1 atom stereocenters. The molecule has 2 heterocycles. The van der Waals surface area contributed by atoms with Crippen molar-refractivity contribution in [2.75, 3.05) is 46.8 Å². The molecule has 1 aliphatic carbocycles. The lowest BCUT2D eigenvalue weighted by molar-refractivity contribution is -0.135. The Hall–Kier alpha value is -1.10. The molecule has 5 nitrogen and oxygen atoms in total. The molecule has 2 aliphatic heterocycles. The van der Waals surface area contributed by atoms with Crippen molar-refractivity contribution in [1.29, 1.82) is 0 Å². The van der Waals surface area contributed by atoms with Gasteiger partial charge in [0.05, 0.1) is 0 Å². The van der Waals surface area contributed by atoms with Crippen LogP contribution >= 0.6 is 0 Å². The van der Waals surface area contributed by atoms with Crippen LogP contribution in [0.2, 0.25) is 0 Å². The summed E-state index contributed by atoms with van der Waals surface area (Å²) in [4.78, 5) is 30.6. The topological polar surface area (TPSA) is 43.9 Å². The van der Waals surface area contributed by atoms with Gasteiger partial charge in [0.15, 0.2) is 0 Å². The molecule has 1 unspecified atom stereocenters. The number of likely N-dealkylation sites (tertiary alicyclic amines) is 2. The number of nitrogens with zero attached hydrogens (tertiary/aromatic N) is 3. The van der Waals surface area contributed by atoms with E-state index < -0.39 is 0 Å². The normalized spacial score (nSPS) is 27.3. The van der Waals surface area contributed by atoms with E-state index in [0.717, 1.165) is 25.4 Å². The third-order valence-electron chi connectivity index (χ3n) is 7.16. The molecule has 1 spiro atoms. The van der Waals surface area contributed by atoms with Gasteiger partial charge in [0, 0.05) is 52.0 Å². The van der Waals surface area contributed by atoms with E-state index in [0.29, 0.717) is 18.3 Å². The van der Waals surface area contributed by atoms with Gasteiger partial charge in [-0.25, -0.2) is 0 Å². The molecule has 0 radical (unpaired) electrons. The lowest BCUT2D eigenvalue weighted by atomic mass is 9.79. The molecule has 5 heteroatoms. The third-order valence-corrected chi connectivity index (χ3v) is 7.16. The molecule has 0 N–H and O–H groups in total. The number of rotatable bonds is 6. The van der Waals surface area contributed by atoms with E-state index in [9.17, 15) is 9.59 Å². The van der Waals surface area contributed by atoms with E-state index >= 15 is 0 Å². The standard InChI is InChI=1S/C22H39N3O2/c1-23(2)20(26)9-10-21(27)25-16-13-22(18-25)12-6-14-24(17-22)15-11-19-7-4-3-5-8-19/h19H,3-18H2,1-2H3. The van der Waals surface area contributed by atoms with Crippen LogP contribution < -0.4 is 0 Å². The zero-order valence-electron chi connectivity index (χ0n) is 17.5. The van der Waals surface area contributed by atoms with E-state index in [-0.39, 0.29) is 11.8 Å². The van der Waals surface area contributed by atoms with Gasteiger partial charge in [-0.2, -0.15) is 0 Å². The van der Waals surface area contributed by atoms with E-state index in [1.54, 1.807) is 19.0 Å². The predicted molar refractivity (Wildman–Crippen MR) is 108 cm³/mol. The monoisotopic (exact) mass is 377 g/mol. The van der Waals surface area contributed by atoms with E-state index in [1.807, 2.05) is 4.90 Å². The fourth-order valence-corrected chi connectivity index (χ4v) is 5.42. The number of hydrogen-bond donors (Lipinski definition) is 0. The van der Waals surface area contributed by atoms with Gasteiger partial charge in [0.1, 0.15) is 0 Å². The van der Waals surface area contributed by atoms with Crippen LogP contribution in [-0.4, -0.2) is 73.3 Å². The molecular formula is C22H39N3O2. The molecule has 3 fully saturated rings. The highest BCUT2D eigenvalue weighted by Gasteiger charge is 2.42. The Morgan fingerprint density at radius 2 is 1.74 bits per heavy atom. The van der Waals surface area contributed by atoms with E-state index in [1.165, 1.54) is 71.0 Å². The number of carbonyl (C=O) groups excluding carboxylic acids is 2. The van der Waals surface area contributed by atoms with Crippen LogP contribution in [0.4, 0.5) is 0 Å². The van der Waals surface area contributed by atoms with Crippen LogP contribution in [0, 0.1) is 11.3 Å². The van der Waals surface area contributed by atoms with Crippen LogP contribution in [0.5, 0.6) is 0 Å². The summed E-state index contributed by atoms with van der Waals surface area (Å²) in [6.07, 6.45) is 12.9. The Labute approximate surface area is 165 Å². The lowest BCUT2D eigenvalue weighted by Crippen LogP contribution is -2.46. The summed E-state index contributed by atoms with van der Waals surface area (Å²) in [6.45, 7) is 5.44. The van der Waals surface area contributed by atoms with Crippen LogP contribution in [0.25, 0.3) is 0 Å². The first-order valence-electron chi connectivity index (χ1n) is 11.2. The molecular weight excluding hydrogens is 338 g/mol. The Morgan fingerprint density at radius 3 is 2.48 bits per heavy atom. The second-order valence-corrected chi connectivity index (χ2v) is 9.53. The van der Waals surface area contributed by atoms with Gasteiger partial charge in [0.2, 0.25) is 11.8 Å². The molecule has 1 saturated carbocycles. The summed E-state index contributed by atoms with van der Waals surface area (Å²) in [5.74, 6) is 1.16. The Bertz CT molecular complexity index is 516. The zero-order chi connectivity index (χ0) is 19.3. The minimum absolute atomic E-state index is 0.0452. The second kappa shape index (κ2) is 9.40. The molecule has 0 bridgehead atoms. The van der Waals surface area contributed by atoms with Crippen LogP contribution in [0.1, 0.15) is 70.6 Å². The van der Waals surface area contributed by atoms with Crippen molar-refractivity contribution in [3.05, 3.63) is 0 Å². The maximum Gasteiger partial charge on any atom is 0.223 e. The zero-order valence-corrected chi connectivity index (χ0v) is 17.5. The Balaban J connectivity index is 1.44. The van der Waals surface area contributed by atoms with Gasteiger partial charge >= 0.3 is 0 Å². The summed E-state index contributed by atoms with van der Waals surface area (Å²) in [5.41, 5.74) is 0.312. The lowest BCUT2D eigenvalue weighted by Gasteiger charge is -2.41. The van der Waals surface area contributed by atoms with Crippen molar-refractivity contribution in [3.8, 4) is 0 Å². The summed E-state index contributed by atoms with van der Waals surface area (Å²) in [6, 6.07) is 0. The van der Waals surface area contributed by atoms with Gasteiger partial charge in [-0.1, -0.05) is 32.1 Å². The largest absolute Gasteiger partial charge is 0.349 e. The molecule has 27 heavy (non-hydrogen) atoms. The highest BCUT2D eigenvalue weighted by Crippen LogP contribution is 2.39. The van der Waals surface area contributed by atoms with Crippen LogP contribution in [-0.2, 0) is 9.59 Å². The summed E-state index contributed by atoms with van der Waals surface area (Å²) in [7, 11) is 3.50. The summed E-state index contributed by atoms with van der Waals surface area (Å²) in [5, 5.41) is 0. The van der Waals surface area contributed by atoms with Crippen molar-refractivity contribution in [2.45, 2.75) is 70.6 Å².